The van der Waals surface area contributed by atoms with Crippen LogP contribution in [0.1, 0.15) is 309 Å². The summed E-state index contributed by atoms with van der Waals surface area (Å²) in [7, 11) is 0. The first-order valence-electron chi connectivity index (χ1n) is 37.4. The maximum atomic E-state index is 13.4. The first-order valence-corrected chi connectivity index (χ1v) is 37.4. The van der Waals surface area contributed by atoms with Crippen LogP contribution in [0.4, 0.5) is 0 Å². The van der Waals surface area contributed by atoms with Crippen molar-refractivity contribution < 1.29 is 89.4 Å². The summed E-state index contributed by atoms with van der Waals surface area (Å²) in [5.41, 5.74) is 0. The van der Waals surface area contributed by atoms with Crippen molar-refractivity contribution in [2.75, 3.05) is 26.4 Å². The summed E-state index contributed by atoms with van der Waals surface area (Å²) in [4.78, 5) is 13.4. The van der Waals surface area contributed by atoms with E-state index in [-0.39, 0.29) is 18.9 Å². The standard InChI is InChI=1S/C72H137NO18/c1-3-5-7-9-11-13-15-17-19-21-23-25-27-28-29-31-33-35-37-39-41-43-45-47-49-56(77)55(73-60(78)50-48-46-44-42-40-38-36-34-32-30-26-24-22-20-18-16-14-12-10-8-6-4-2)54-86-70-66(84)63(81)68(58(52-75)88-70)91-72-67(85)64(82)69(59(53-76)89-72)90-71-65(83)62(80)61(79)57(51-74)87-71/h47,49,55-59,61-72,74-77,79-85H,3-46,48,50-54H2,1-2H3,(H,73,78)/b49-47+. The Morgan fingerprint density at radius 1 is 0.385 bits per heavy atom. The van der Waals surface area contributed by atoms with Gasteiger partial charge in [0.25, 0.3) is 0 Å². The van der Waals surface area contributed by atoms with Gasteiger partial charge in [-0.3, -0.25) is 4.79 Å². The van der Waals surface area contributed by atoms with Gasteiger partial charge in [0.1, 0.15) is 73.2 Å². The van der Waals surface area contributed by atoms with E-state index in [0.29, 0.717) is 6.42 Å². The zero-order valence-electron chi connectivity index (χ0n) is 57.1. The van der Waals surface area contributed by atoms with Crippen LogP contribution in [0.5, 0.6) is 0 Å². The highest BCUT2D eigenvalue weighted by atomic mass is 16.8. The Morgan fingerprint density at radius 2 is 0.681 bits per heavy atom. The van der Waals surface area contributed by atoms with E-state index in [1.807, 2.05) is 6.08 Å². The highest BCUT2D eigenvalue weighted by Gasteiger charge is 2.53. The lowest BCUT2D eigenvalue weighted by Gasteiger charge is -2.48. The number of hydrogen-bond donors (Lipinski definition) is 12. The predicted molar refractivity (Wildman–Crippen MR) is 356 cm³/mol. The Bertz CT molecular complexity index is 1700. The van der Waals surface area contributed by atoms with Crippen molar-refractivity contribution in [2.45, 2.75) is 413 Å². The van der Waals surface area contributed by atoms with Crippen LogP contribution in [0.25, 0.3) is 0 Å². The van der Waals surface area contributed by atoms with Gasteiger partial charge >= 0.3 is 0 Å². The minimum atomic E-state index is -1.98. The number of aliphatic hydroxyl groups excluding tert-OH is 11. The molecule has 3 aliphatic rings. The molecule has 3 rings (SSSR count). The second-order valence-corrected chi connectivity index (χ2v) is 27.1. The Labute approximate surface area is 550 Å². The first-order chi connectivity index (χ1) is 44.3. The number of carbonyl (C=O) groups excluding carboxylic acids is 1. The lowest BCUT2D eigenvalue weighted by Crippen LogP contribution is -2.66. The zero-order chi connectivity index (χ0) is 66.1. The summed E-state index contributed by atoms with van der Waals surface area (Å²) in [5, 5.41) is 121. The van der Waals surface area contributed by atoms with E-state index in [2.05, 4.69) is 19.2 Å². The van der Waals surface area contributed by atoms with E-state index in [1.165, 1.54) is 238 Å². The number of carbonyl (C=O) groups is 1. The van der Waals surface area contributed by atoms with Crippen LogP contribution in [0.2, 0.25) is 0 Å². The molecule has 12 N–H and O–H groups in total. The Kier molecular flexibility index (Phi) is 50.2. The summed E-state index contributed by atoms with van der Waals surface area (Å²) >= 11 is 0. The van der Waals surface area contributed by atoms with E-state index >= 15 is 0 Å². The largest absolute Gasteiger partial charge is 0.394 e. The quantitative estimate of drug-likeness (QED) is 0.0199. The minimum Gasteiger partial charge on any atom is -0.394 e. The molecule has 19 nitrogen and oxygen atoms in total. The number of ether oxygens (including phenoxy) is 6. The van der Waals surface area contributed by atoms with Gasteiger partial charge < -0.3 is 89.9 Å². The molecular weight excluding hydrogens is 1170 g/mol. The maximum Gasteiger partial charge on any atom is 0.220 e. The van der Waals surface area contributed by atoms with Crippen LogP contribution < -0.4 is 5.32 Å². The van der Waals surface area contributed by atoms with E-state index in [1.54, 1.807) is 6.08 Å². The number of unbranched alkanes of at least 4 members (excludes halogenated alkanes) is 43. The third-order valence-electron chi connectivity index (χ3n) is 19.1. The fourth-order valence-electron chi connectivity index (χ4n) is 13.0. The molecule has 0 saturated carbocycles. The number of nitrogens with one attached hydrogen (secondary N) is 1. The van der Waals surface area contributed by atoms with Crippen LogP contribution in [-0.2, 0) is 33.2 Å². The van der Waals surface area contributed by atoms with Crippen LogP contribution in [-0.4, -0.2) is 193 Å². The first kappa shape index (κ1) is 83.8. The predicted octanol–water partition coefficient (Wildman–Crippen LogP) is 10.8. The molecule has 1 amide bonds. The van der Waals surface area contributed by atoms with E-state index in [9.17, 15) is 61.0 Å². The Morgan fingerprint density at radius 3 is 1.03 bits per heavy atom. The summed E-state index contributed by atoms with van der Waals surface area (Å²) in [6, 6.07) is -0.969. The topological polar surface area (TPSA) is 307 Å². The molecule has 0 bridgehead atoms. The number of allylic oxidation sites excluding steroid dienone is 1. The van der Waals surface area contributed by atoms with Crippen molar-refractivity contribution in [3.05, 3.63) is 12.2 Å². The average Bonchev–Trinajstić information content (AvgIpc) is 0.884. The molecule has 19 heteroatoms. The van der Waals surface area contributed by atoms with Gasteiger partial charge in [0.05, 0.1) is 38.6 Å². The molecule has 0 aliphatic carbocycles. The second kappa shape index (κ2) is 54.5. The molecule has 17 atom stereocenters. The van der Waals surface area contributed by atoms with E-state index < -0.39 is 124 Å². The molecule has 0 aromatic carbocycles. The third kappa shape index (κ3) is 36.1. The monoisotopic (exact) mass is 1300 g/mol. The molecule has 17 unspecified atom stereocenters. The molecule has 538 valence electrons. The number of rotatable bonds is 59. The van der Waals surface area contributed by atoms with Crippen molar-refractivity contribution in [1.82, 2.24) is 5.32 Å². The van der Waals surface area contributed by atoms with Gasteiger partial charge in [-0.05, 0) is 19.3 Å². The van der Waals surface area contributed by atoms with Gasteiger partial charge in [-0.25, -0.2) is 0 Å². The Balaban J connectivity index is 1.42. The van der Waals surface area contributed by atoms with Gasteiger partial charge in [0, 0.05) is 6.42 Å². The summed E-state index contributed by atoms with van der Waals surface area (Å²) in [5.74, 6) is -0.268. The fraction of sp³-hybridized carbons (Fsp3) is 0.958. The second-order valence-electron chi connectivity index (χ2n) is 27.1. The smallest absolute Gasteiger partial charge is 0.220 e. The summed E-state index contributed by atoms with van der Waals surface area (Å²) < 4.78 is 34.4. The van der Waals surface area contributed by atoms with Gasteiger partial charge in [0.15, 0.2) is 18.9 Å². The number of amides is 1. The summed E-state index contributed by atoms with van der Waals surface area (Å²) in [6.45, 7) is 1.79. The van der Waals surface area contributed by atoms with Crippen molar-refractivity contribution >= 4 is 5.91 Å². The van der Waals surface area contributed by atoms with Gasteiger partial charge in [-0.1, -0.05) is 296 Å². The molecule has 0 aromatic rings. The molecule has 0 aromatic heterocycles. The molecular formula is C72H137NO18. The normalized spacial score (nSPS) is 27.9. The van der Waals surface area contributed by atoms with Gasteiger partial charge in [0.2, 0.25) is 5.91 Å². The molecule has 3 aliphatic heterocycles. The minimum absolute atomic E-state index is 0.250. The van der Waals surface area contributed by atoms with Crippen molar-refractivity contribution in [3.63, 3.8) is 0 Å². The molecule has 3 heterocycles. The Hall–Kier alpha value is -1.47. The van der Waals surface area contributed by atoms with E-state index in [4.69, 9.17) is 28.4 Å². The van der Waals surface area contributed by atoms with Crippen molar-refractivity contribution in [1.29, 1.82) is 0 Å². The van der Waals surface area contributed by atoms with Crippen LogP contribution >= 0.6 is 0 Å². The molecule has 0 radical (unpaired) electrons. The molecule has 3 saturated heterocycles. The van der Waals surface area contributed by atoms with Gasteiger partial charge in [-0.2, -0.15) is 0 Å². The number of aliphatic hydroxyl groups is 11. The lowest BCUT2D eigenvalue weighted by molar-refractivity contribution is -0.379. The number of hydrogen-bond acceptors (Lipinski definition) is 18. The van der Waals surface area contributed by atoms with E-state index in [0.717, 1.165) is 44.9 Å². The lowest BCUT2D eigenvalue weighted by atomic mass is 9.96. The average molecular weight is 1300 g/mol. The maximum absolute atomic E-state index is 13.4. The van der Waals surface area contributed by atoms with Crippen LogP contribution in [0.15, 0.2) is 12.2 Å². The van der Waals surface area contributed by atoms with Gasteiger partial charge in [-0.15, -0.1) is 0 Å². The van der Waals surface area contributed by atoms with Crippen LogP contribution in [0, 0.1) is 0 Å². The highest BCUT2D eigenvalue weighted by Crippen LogP contribution is 2.33. The SMILES string of the molecule is CCCCCCCCCCCCCCCCCCCCCCCC/C=C/C(O)C(COC1OC(CO)C(OC2OC(CO)C(OC3OC(CO)C(O)C(O)C3O)C(O)C2O)C(O)C1O)NC(=O)CCCCCCCCCCCCCCCCCCCCCCCC. The summed E-state index contributed by atoms with van der Waals surface area (Å²) in [6.07, 6.45) is 34.7. The molecule has 91 heavy (non-hydrogen) atoms. The van der Waals surface area contributed by atoms with Crippen molar-refractivity contribution in [3.8, 4) is 0 Å². The molecule has 0 spiro atoms. The molecule has 3 fully saturated rings. The fourth-order valence-corrected chi connectivity index (χ4v) is 13.0. The van der Waals surface area contributed by atoms with Crippen molar-refractivity contribution in [2.24, 2.45) is 0 Å². The van der Waals surface area contributed by atoms with Crippen LogP contribution in [0.3, 0.4) is 0 Å². The highest BCUT2D eigenvalue weighted by molar-refractivity contribution is 5.76. The zero-order valence-corrected chi connectivity index (χ0v) is 57.1. The third-order valence-corrected chi connectivity index (χ3v) is 19.1.